The predicted molar refractivity (Wildman–Crippen MR) is 24.9 cm³/mol. The molecule has 7 heavy (non-hydrogen) atoms. The van der Waals surface area contributed by atoms with E-state index in [0.29, 0.717) is 0 Å². The molecule has 0 fully saturated rings. The number of halogens is 1. The molecular weight excluding hydrogens is 246 g/mol. The van der Waals surface area contributed by atoms with Crippen LogP contribution in [0.3, 0.4) is 0 Å². The molecule has 0 aliphatic heterocycles. The summed E-state index contributed by atoms with van der Waals surface area (Å²) in [4.78, 5) is 0. The van der Waals surface area contributed by atoms with Crippen LogP contribution in [0.2, 0.25) is 0 Å². The van der Waals surface area contributed by atoms with E-state index in [-0.39, 0.29) is 37.4 Å². The van der Waals surface area contributed by atoms with Gasteiger partial charge >= 0.3 is 20.4 Å². The molecule has 0 saturated carbocycles. The smallest absolute Gasteiger partial charge is 1.00 e. The van der Waals surface area contributed by atoms with Gasteiger partial charge in [-0.3, -0.25) is 0 Å². The van der Waals surface area contributed by atoms with Gasteiger partial charge in [-0.1, -0.05) is 19.8 Å². The van der Waals surface area contributed by atoms with Crippen molar-refractivity contribution >= 4 is 0 Å². The summed E-state index contributed by atoms with van der Waals surface area (Å²) in [6.07, 6.45) is 3.65. The molecule has 0 aromatic rings. The first-order valence-electron chi connectivity index (χ1n) is 2.21. The van der Waals surface area contributed by atoms with Gasteiger partial charge in [0.1, 0.15) is 0 Å². The van der Waals surface area contributed by atoms with Crippen molar-refractivity contribution < 1.29 is 37.4 Å². The first-order chi connectivity index (χ1) is 2.41. The van der Waals surface area contributed by atoms with E-state index < -0.39 is 0 Å². The third-order valence-corrected chi connectivity index (χ3v) is 0.604. The van der Waals surface area contributed by atoms with Crippen molar-refractivity contribution in [3.8, 4) is 0 Å². The summed E-state index contributed by atoms with van der Waals surface area (Å²) in [5.74, 6) is 0. The van der Waals surface area contributed by atoms with E-state index in [2.05, 4.69) is 13.8 Å². The average Bonchev–Trinajstić information content (AvgIpc) is 1.41. The molecule has 0 aliphatic rings. The summed E-state index contributed by atoms with van der Waals surface area (Å²) in [6, 6.07) is 0. The van der Waals surface area contributed by atoms with Crippen LogP contribution >= 0.6 is 0 Å². The van der Waals surface area contributed by atoms with Crippen LogP contribution in [0.4, 0.5) is 0 Å². The largest absolute Gasteiger partial charge is 2.00 e. The summed E-state index contributed by atoms with van der Waals surface area (Å²) in [5.41, 5.74) is 0. The molecule has 0 atom stereocenters. The van der Waals surface area contributed by atoms with Gasteiger partial charge in [0.25, 0.3) is 0 Å². The van der Waals surface area contributed by atoms with Crippen molar-refractivity contribution in [2.75, 3.05) is 0 Å². The Morgan fingerprint density at radius 1 is 1.43 bits per heavy atom. The summed E-state index contributed by atoms with van der Waals surface area (Å²) in [6.45, 7) is 5.85. The van der Waals surface area contributed by atoms with Crippen molar-refractivity contribution in [1.82, 2.24) is 0 Å². The Hall–Kier alpha value is 1.14. The van der Waals surface area contributed by atoms with Gasteiger partial charge in [-0.2, -0.15) is 6.42 Å². The standard InChI is InChI=1S/C5H11.BrH.Pd/c1-3-5-4-2;;/h1,3-5H2,2H3;1H;/q-1;;+2/p-1. The van der Waals surface area contributed by atoms with Gasteiger partial charge in [0.2, 0.25) is 0 Å². The fourth-order valence-electron chi connectivity index (χ4n) is 0.250. The maximum Gasteiger partial charge on any atom is 2.00 e. The molecule has 0 rings (SSSR count). The second-order valence-electron chi connectivity index (χ2n) is 1.21. The van der Waals surface area contributed by atoms with E-state index in [9.17, 15) is 0 Å². The van der Waals surface area contributed by atoms with E-state index in [4.69, 9.17) is 0 Å². The molecule has 0 N–H and O–H groups in total. The van der Waals surface area contributed by atoms with E-state index in [1.165, 1.54) is 12.8 Å². The minimum absolute atomic E-state index is 0. The van der Waals surface area contributed by atoms with Gasteiger partial charge in [-0.05, 0) is 0 Å². The molecule has 0 nitrogen and oxygen atoms in total. The zero-order valence-electron chi connectivity index (χ0n) is 4.52. The van der Waals surface area contributed by atoms with Gasteiger partial charge in [0, 0.05) is 0 Å². The van der Waals surface area contributed by atoms with E-state index in [1.807, 2.05) is 0 Å². The van der Waals surface area contributed by atoms with Gasteiger partial charge < -0.3 is 23.9 Å². The zero-order chi connectivity index (χ0) is 4.12. The van der Waals surface area contributed by atoms with Gasteiger partial charge in [0.15, 0.2) is 0 Å². The number of unbranched alkanes of at least 4 members (excludes halogenated alkanes) is 2. The predicted octanol–water partition coefficient (Wildman–Crippen LogP) is -0.988. The molecule has 0 amide bonds. The van der Waals surface area contributed by atoms with Gasteiger partial charge in [-0.15, -0.1) is 0 Å². The second kappa shape index (κ2) is 15.7. The van der Waals surface area contributed by atoms with Crippen LogP contribution in [-0.2, 0) is 20.4 Å². The normalized spacial score (nSPS) is 6.00. The van der Waals surface area contributed by atoms with E-state index in [0.717, 1.165) is 6.42 Å². The van der Waals surface area contributed by atoms with Crippen molar-refractivity contribution in [2.45, 2.75) is 26.2 Å². The first kappa shape index (κ1) is 15.7. The zero-order valence-corrected chi connectivity index (χ0v) is 7.66. The Kier molecular flexibility index (Phi) is 35.2. The molecule has 0 bridgehead atoms. The molecule has 0 aromatic heterocycles. The molecule has 0 radical (unpaired) electrons. The topological polar surface area (TPSA) is 0 Å². The fourth-order valence-corrected chi connectivity index (χ4v) is 0.250. The molecule has 0 spiro atoms. The molecule has 2 heteroatoms. The minimum atomic E-state index is 0. The Labute approximate surface area is 70.5 Å². The number of hydrogen-bond acceptors (Lipinski definition) is 0. The van der Waals surface area contributed by atoms with Gasteiger partial charge in [-0.25, -0.2) is 0 Å². The quantitative estimate of drug-likeness (QED) is 0.440. The van der Waals surface area contributed by atoms with Crippen LogP contribution in [0, 0.1) is 6.92 Å². The maximum absolute atomic E-state index is 3.68. The summed E-state index contributed by atoms with van der Waals surface area (Å²) in [7, 11) is 0. The summed E-state index contributed by atoms with van der Waals surface area (Å²) < 4.78 is 0. The Balaban J connectivity index is -0.0000000800. The van der Waals surface area contributed by atoms with Crippen LogP contribution in [0.25, 0.3) is 0 Å². The minimum Gasteiger partial charge on any atom is -1.00 e. The third kappa shape index (κ3) is 19.1. The molecule has 0 aliphatic carbocycles. The average molecular weight is 257 g/mol. The second-order valence-corrected chi connectivity index (χ2v) is 1.21. The molecule has 0 saturated heterocycles. The Morgan fingerprint density at radius 2 is 1.86 bits per heavy atom. The van der Waals surface area contributed by atoms with Crippen LogP contribution in [-0.4, -0.2) is 0 Å². The SMILES string of the molecule is [Br-].[CH2-]CCCC.[Pd+2]. The summed E-state index contributed by atoms with van der Waals surface area (Å²) >= 11 is 0. The molecule has 48 valence electrons. The van der Waals surface area contributed by atoms with Crippen molar-refractivity contribution in [3.05, 3.63) is 6.92 Å². The Bertz CT molecular complexity index is 15.6. The van der Waals surface area contributed by atoms with Crippen molar-refractivity contribution in [1.29, 1.82) is 0 Å². The third-order valence-electron chi connectivity index (χ3n) is 0.604. The van der Waals surface area contributed by atoms with E-state index >= 15 is 0 Å². The van der Waals surface area contributed by atoms with Crippen molar-refractivity contribution in [3.63, 3.8) is 0 Å². The first-order valence-corrected chi connectivity index (χ1v) is 2.21. The number of hydrogen-bond donors (Lipinski definition) is 0. The summed E-state index contributed by atoms with van der Waals surface area (Å²) in [5, 5.41) is 0. The molecular formula is C5H11BrPd. The van der Waals surface area contributed by atoms with Crippen molar-refractivity contribution in [2.24, 2.45) is 0 Å². The van der Waals surface area contributed by atoms with Crippen LogP contribution in [0.5, 0.6) is 0 Å². The molecule has 0 unspecified atom stereocenters. The molecule has 0 heterocycles. The van der Waals surface area contributed by atoms with Gasteiger partial charge in [0.05, 0.1) is 0 Å². The maximum atomic E-state index is 3.68. The molecule has 0 aromatic carbocycles. The fraction of sp³-hybridized carbons (Fsp3) is 0.800. The Morgan fingerprint density at radius 3 is 1.86 bits per heavy atom. The monoisotopic (exact) mass is 256 g/mol. The number of rotatable bonds is 2. The van der Waals surface area contributed by atoms with Crippen LogP contribution in [0.1, 0.15) is 26.2 Å². The van der Waals surface area contributed by atoms with Crippen LogP contribution < -0.4 is 17.0 Å². The van der Waals surface area contributed by atoms with E-state index in [1.54, 1.807) is 0 Å². The van der Waals surface area contributed by atoms with Crippen LogP contribution in [0.15, 0.2) is 0 Å².